The fourth-order valence-corrected chi connectivity index (χ4v) is 1.90. The van der Waals surface area contributed by atoms with Crippen molar-refractivity contribution in [2.45, 2.75) is 13.1 Å². The van der Waals surface area contributed by atoms with Gasteiger partial charge in [-0.15, -0.1) is 23.7 Å². The van der Waals surface area contributed by atoms with Crippen molar-refractivity contribution in [1.29, 1.82) is 0 Å². The van der Waals surface area contributed by atoms with E-state index in [0.717, 1.165) is 16.2 Å². The predicted molar refractivity (Wildman–Crippen MR) is 62.3 cm³/mol. The molecule has 0 aliphatic rings. The first-order valence-corrected chi connectivity index (χ1v) is 5.28. The van der Waals surface area contributed by atoms with Crippen molar-refractivity contribution in [2.75, 3.05) is 5.32 Å². The van der Waals surface area contributed by atoms with Gasteiger partial charge in [0.1, 0.15) is 5.82 Å². The number of halogens is 4. The van der Waals surface area contributed by atoms with Gasteiger partial charge in [0.2, 0.25) is 0 Å². The number of hydrogen-bond donors (Lipinski definition) is 1. The van der Waals surface area contributed by atoms with Crippen LogP contribution in [0.3, 0.4) is 0 Å². The van der Waals surface area contributed by atoms with Gasteiger partial charge >= 0.3 is 6.55 Å². The lowest BCUT2D eigenvalue weighted by molar-refractivity contribution is 0.0588. The van der Waals surface area contributed by atoms with Gasteiger partial charge in [-0.05, 0) is 12.1 Å². The van der Waals surface area contributed by atoms with Gasteiger partial charge in [-0.1, -0.05) is 0 Å². The van der Waals surface area contributed by atoms with E-state index < -0.39 is 6.55 Å². The maximum Gasteiger partial charge on any atom is 0.334 e. The molecular weight excluding hydrogens is 275 g/mol. The van der Waals surface area contributed by atoms with Crippen molar-refractivity contribution in [1.82, 2.24) is 9.78 Å². The Labute approximate surface area is 106 Å². The van der Waals surface area contributed by atoms with Crippen LogP contribution in [0.2, 0.25) is 0 Å². The van der Waals surface area contributed by atoms with E-state index in [9.17, 15) is 13.2 Å². The van der Waals surface area contributed by atoms with Crippen LogP contribution in [0.15, 0.2) is 24.4 Å². The molecular formula is C9H9ClF3N3S. The summed E-state index contributed by atoms with van der Waals surface area (Å²) in [5, 5.41) is 5.94. The highest BCUT2D eigenvalue weighted by molar-refractivity contribution is 7.10. The summed E-state index contributed by atoms with van der Waals surface area (Å²) in [6, 6.07) is 4.39. The van der Waals surface area contributed by atoms with Crippen molar-refractivity contribution in [3.63, 3.8) is 0 Å². The molecule has 0 saturated carbocycles. The second-order valence-corrected chi connectivity index (χ2v) is 4.12. The number of thiophene rings is 1. The molecule has 1 N–H and O–H groups in total. The summed E-state index contributed by atoms with van der Waals surface area (Å²) in [5.41, 5.74) is 0. The monoisotopic (exact) mass is 283 g/mol. The van der Waals surface area contributed by atoms with E-state index >= 15 is 0 Å². The van der Waals surface area contributed by atoms with Crippen molar-refractivity contribution in [2.24, 2.45) is 0 Å². The van der Waals surface area contributed by atoms with E-state index in [4.69, 9.17) is 0 Å². The van der Waals surface area contributed by atoms with Crippen LogP contribution in [0.1, 0.15) is 11.4 Å². The van der Waals surface area contributed by atoms with Gasteiger partial charge in [0.15, 0.2) is 5.13 Å². The molecule has 0 amide bonds. The molecule has 0 spiro atoms. The third-order valence-corrected chi connectivity index (χ3v) is 2.80. The van der Waals surface area contributed by atoms with E-state index in [1.165, 1.54) is 18.3 Å². The quantitative estimate of drug-likeness (QED) is 0.930. The van der Waals surface area contributed by atoms with Crippen LogP contribution in [-0.4, -0.2) is 9.78 Å². The van der Waals surface area contributed by atoms with Gasteiger partial charge in [0.25, 0.3) is 0 Å². The summed E-state index contributed by atoms with van der Waals surface area (Å²) in [6.07, 6.45) is 1.28. The third-order valence-electron chi connectivity index (χ3n) is 1.93. The zero-order valence-electron chi connectivity index (χ0n) is 8.44. The largest absolute Gasteiger partial charge is 0.365 e. The maximum absolute atomic E-state index is 12.7. The Kier molecular flexibility index (Phi) is 4.83. The molecule has 0 aliphatic carbocycles. The topological polar surface area (TPSA) is 29.9 Å². The molecule has 0 atom stereocenters. The Bertz CT molecular complexity index is 472. The molecule has 0 aliphatic heterocycles. The Morgan fingerprint density at radius 3 is 2.71 bits per heavy atom. The zero-order chi connectivity index (χ0) is 11.5. The van der Waals surface area contributed by atoms with Gasteiger partial charge in [0, 0.05) is 10.9 Å². The SMILES string of the molecule is Cl.Fc1ccc(CNc2ccnn2C(F)F)s1. The number of hydrogen-bond acceptors (Lipinski definition) is 3. The van der Waals surface area contributed by atoms with E-state index in [1.54, 1.807) is 6.07 Å². The van der Waals surface area contributed by atoms with Gasteiger partial charge in [-0.25, -0.2) is 0 Å². The number of anilines is 1. The lowest BCUT2D eigenvalue weighted by Gasteiger charge is -2.07. The normalized spacial score (nSPS) is 10.4. The van der Waals surface area contributed by atoms with Crippen LogP contribution in [0.25, 0.3) is 0 Å². The maximum atomic E-state index is 12.7. The van der Waals surface area contributed by atoms with Crippen LogP contribution in [0, 0.1) is 5.13 Å². The van der Waals surface area contributed by atoms with Crippen LogP contribution < -0.4 is 5.32 Å². The third kappa shape index (κ3) is 3.37. The molecule has 8 heteroatoms. The highest BCUT2D eigenvalue weighted by atomic mass is 35.5. The van der Waals surface area contributed by atoms with E-state index in [1.807, 2.05) is 0 Å². The summed E-state index contributed by atoms with van der Waals surface area (Å²) < 4.78 is 38.0. The molecule has 2 aromatic rings. The minimum absolute atomic E-state index is 0. The van der Waals surface area contributed by atoms with Crippen molar-refractivity contribution in [3.05, 3.63) is 34.4 Å². The Morgan fingerprint density at radius 1 is 1.35 bits per heavy atom. The highest BCUT2D eigenvalue weighted by Gasteiger charge is 2.11. The molecule has 0 saturated heterocycles. The number of nitrogens with one attached hydrogen (secondary N) is 1. The van der Waals surface area contributed by atoms with Crippen LogP contribution in [0.4, 0.5) is 19.0 Å². The summed E-state index contributed by atoms with van der Waals surface area (Å²) in [4.78, 5) is 0.736. The van der Waals surface area contributed by atoms with Crippen molar-refractivity contribution in [3.8, 4) is 0 Å². The van der Waals surface area contributed by atoms with Gasteiger partial charge in [0.05, 0.1) is 12.7 Å². The molecule has 0 aromatic carbocycles. The van der Waals surface area contributed by atoms with Crippen molar-refractivity contribution < 1.29 is 13.2 Å². The van der Waals surface area contributed by atoms with E-state index in [-0.39, 0.29) is 23.4 Å². The predicted octanol–water partition coefficient (Wildman–Crippen LogP) is 3.51. The molecule has 2 heterocycles. The van der Waals surface area contributed by atoms with Gasteiger partial charge < -0.3 is 5.32 Å². The lowest BCUT2D eigenvalue weighted by atomic mass is 10.4. The van der Waals surface area contributed by atoms with Gasteiger partial charge in [-0.3, -0.25) is 0 Å². The average molecular weight is 284 g/mol. The van der Waals surface area contributed by atoms with Crippen LogP contribution >= 0.6 is 23.7 Å². The standard InChI is InChI=1S/C9H8F3N3S.ClH/c10-7-2-1-6(16-7)5-13-8-3-4-14-15(8)9(11)12;/h1-4,9,13H,5H2;1H. The number of alkyl halides is 2. The summed E-state index contributed by atoms with van der Waals surface area (Å²) in [6.45, 7) is -2.38. The lowest BCUT2D eigenvalue weighted by Crippen LogP contribution is -2.07. The molecule has 0 bridgehead atoms. The molecule has 2 aromatic heterocycles. The Balaban J connectivity index is 0.00000144. The number of rotatable bonds is 4. The van der Waals surface area contributed by atoms with E-state index in [2.05, 4.69) is 10.4 Å². The smallest absolute Gasteiger partial charge is 0.334 e. The number of aromatic nitrogens is 2. The first kappa shape index (κ1) is 13.9. The van der Waals surface area contributed by atoms with E-state index in [0.29, 0.717) is 11.2 Å². The molecule has 0 radical (unpaired) electrons. The molecule has 17 heavy (non-hydrogen) atoms. The molecule has 94 valence electrons. The molecule has 3 nitrogen and oxygen atoms in total. The zero-order valence-corrected chi connectivity index (χ0v) is 10.1. The van der Waals surface area contributed by atoms with Crippen molar-refractivity contribution >= 4 is 29.6 Å². The molecule has 0 unspecified atom stereocenters. The highest BCUT2D eigenvalue weighted by Crippen LogP contribution is 2.19. The number of nitrogens with zero attached hydrogens (tertiary/aromatic N) is 2. The summed E-state index contributed by atoms with van der Waals surface area (Å²) >= 11 is 0.978. The average Bonchev–Trinajstić information content (AvgIpc) is 2.83. The minimum Gasteiger partial charge on any atom is -0.365 e. The van der Waals surface area contributed by atoms with Gasteiger partial charge in [-0.2, -0.15) is 23.0 Å². The van der Waals surface area contributed by atoms with Crippen LogP contribution in [0.5, 0.6) is 0 Å². The Hall–Kier alpha value is -1.21. The summed E-state index contributed by atoms with van der Waals surface area (Å²) in [5.74, 6) is 0.212. The first-order valence-electron chi connectivity index (χ1n) is 4.46. The van der Waals surface area contributed by atoms with Crippen LogP contribution in [-0.2, 0) is 6.54 Å². The molecule has 0 fully saturated rings. The summed E-state index contributed by atoms with van der Waals surface area (Å²) in [7, 11) is 0. The fraction of sp³-hybridized carbons (Fsp3) is 0.222. The second-order valence-electron chi connectivity index (χ2n) is 3.00. The minimum atomic E-state index is -2.68. The first-order chi connectivity index (χ1) is 7.66. The second kappa shape index (κ2) is 5.92. The Morgan fingerprint density at radius 2 is 2.12 bits per heavy atom. The molecule has 2 rings (SSSR count). The fourth-order valence-electron chi connectivity index (χ4n) is 1.23.